The second-order valence-electron chi connectivity index (χ2n) is 5.80. The first kappa shape index (κ1) is 15.2. The van der Waals surface area contributed by atoms with Crippen LogP contribution in [0.5, 0.6) is 0 Å². The molecule has 0 aliphatic carbocycles. The Kier molecular flexibility index (Phi) is 5.34. The zero-order valence-electron chi connectivity index (χ0n) is 12.3. The van der Waals surface area contributed by atoms with E-state index in [-0.39, 0.29) is 10.8 Å². The third kappa shape index (κ3) is 4.74. The molecular weight excluding hydrogens is 272 g/mol. The molecule has 6 heteroatoms. The Hall–Kier alpha value is -1.17. The first-order chi connectivity index (χ1) is 9.57. The molecule has 0 unspecified atom stereocenters. The first-order valence-electron chi connectivity index (χ1n) is 7.20. The molecule has 1 saturated heterocycles. The number of urea groups is 1. The topological polar surface area (TPSA) is 59.0 Å². The molecular formula is C14H24N4OS. The maximum absolute atomic E-state index is 11.8. The number of hydrogen-bond donors (Lipinski definition) is 2. The van der Waals surface area contributed by atoms with Gasteiger partial charge < -0.3 is 10.6 Å². The van der Waals surface area contributed by atoms with E-state index in [1.807, 2.05) is 28.7 Å². The van der Waals surface area contributed by atoms with Crippen LogP contribution in [0.25, 0.3) is 0 Å². The van der Waals surface area contributed by atoms with E-state index in [0.717, 1.165) is 13.1 Å². The molecule has 2 heterocycles. The van der Waals surface area contributed by atoms with Crippen molar-refractivity contribution < 1.29 is 4.79 Å². The lowest BCUT2D eigenvalue weighted by molar-refractivity contribution is 0.237. The quantitative estimate of drug-likeness (QED) is 0.845. The average molecular weight is 296 g/mol. The summed E-state index contributed by atoms with van der Waals surface area (Å²) in [4.78, 5) is 11.8. The second-order valence-corrected chi connectivity index (χ2v) is 7.48. The standard InChI is InChI=1S/C14H24N4OS/c1-12(10-18-7-4-6-17-18)9-15-13(19)16-11-14(2)5-3-8-20-14/h4,6-7,12H,3,5,8-11H2,1-2H3,(H2,15,16,19)/t12-,14-/m0/s1. The minimum atomic E-state index is -0.0639. The van der Waals surface area contributed by atoms with Gasteiger partial charge in [-0.05, 0) is 37.5 Å². The molecule has 2 atom stereocenters. The van der Waals surface area contributed by atoms with E-state index >= 15 is 0 Å². The number of hydrogen-bond acceptors (Lipinski definition) is 3. The summed E-state index contributed by atoms with van der Waals surface area (Å²) in [6.07, 6.45) is 6.15. The number of carbonyl (C=O) groups excluding carboxylic acids is 1. The summed E-state index contributed by atoms with van der Waals surface area (Å²) >= 11 is 1.96. The Morgan fingerprint density at radius 1 is 1.55 bits per heavy atom. The number of aromatic nitrogens is 2. The number of amides is 2. The van der Waals surface area contributed by atoms with Gasteiger partial charge in [-0.15, -0.1) is 0 Å². The van der Waals surface area contributed by atoms with E-state index in [2.05, 4.69) is 29.6 Å². The van der Waals surface area contributed by atoms with E-state index in [9.17, 15) is 4.79 Å². The normalized spacial score (nSPS) is 23.5. The van der Waals surface area contributed by atoms with Crippen molar-refractivity contribution in [3.05, 3.63) is 18.5 Å². The van der Waals surface area contributed by atoms with Crippen LogP contribution in [0.4, 0.5) is 4.79 Å². The van der Waals surface area contributed by atoms with E-state index < -0.39 is 0 Å². The van der Waals surface area contributed by atoms with E-state index in [0.29, 0.717) is 12.5 Å². The van der Waals surface area contributed by atoms with Gasteiger partial charge in [-0.3, -0.25) is 4.68 Å². The fourth-order valence-electron chi connectivity index (χ4n) is 2.37. The minimum absolute atomic E-state index is 0.0639. The fourth-order valence-corrected chi connectivity index (χ4v) is 3.61. The molecule has 0 bridgehead atoms. The van der Waals surface area contributed by atoms with Gasteiger partial charge in [0.2, 0.25) is 0 Å². The Bertz CT molecular complexity index is 415. The Labute approximate surface area is 124 Å². The summed E-state index contributed by atoms with van der Waals surface area (Å²) in [5, 5.41) is 10.1. The highest BCUT2D eigenvalue weighted by Crippen LogP contribution is 2.36. The van der Waals surface area contributed by atoms with Crippen molar-refractivity contribution in [2.24, 2.45) is 5.92 Å². The highest BCUT2D eigenvalue weighted by Gasteiger charge is 2.29. The van der Waals surface area contributed by atoms with Crippen molar-refractivity contribution in [1.82, 2.24) is 20.4 Å². The minimum Gasteiger partial charge on any atom is -0.338 e. The van der Waals surface area contributed by atoms with Gasteiger partial charge in [-0.1, -0.05) is 6.92 Å². The van der Waals surface area contributed by atoms with Gasteiger partial charge in [-0.2, -0.15) is 16.9 Å². The average Bonchev–Trinajstić information content (AvgIpc) is 3.06. The van der Waals surface area contributed by atoms with E-state index in [4.69, 9.17) is 0 Å². The predicted octanol–water partition coefficient (Wildman–Crippen LogP) is 2.10. The highest BCUT2D eigenvalue weighted by atomic mass is 32.2. The molecule has 2 N–H and O–H groups in total. The number of nitrogens with one attached hydrogen (secondary N) is 2. The summed E-state index contributed by atoms with van der Waals surface area (Å²) < 4.78 is 2.11. The summed E-state index contributed by atoms with van der Waals surface area (Å²) in [6, 6.07) is 1.85. The van der Waals surface area contributed by atoms with Crippen LogP contribution in [0.3, 0.4) is 0 Å². The molecule has 1 aromatic heterocycles. The summed E-state index contributed by atoms with van der Waals surface area (Å²) in [5.74, 6) is 1.57. The largest absolute Gasteiger partial charge is 0.338 e. The molecule has 20 heavy (non-hydrogen) atoms. The van der Waals surface area contributed by atoms with Crippen LogP contribution in [0.2, 0.25) is 0 Å². The molecule has 0 spiro atoms. The molecule has 1 aliphatic heterocycles. The Morgan fingerprint density at radius 3 is 3.05 bits per heavy atom. The molecule has 112 valence electrons. The van der Waals surface area contributed by atoms with Gasteiger partial charge in [0, 0.05) is 36.8 Å². The third-order valence-corrected chi connectivity index (χ3v) is 5.13. The van der Waals surface area contributed by atoms with Gasteiger partial charge in [0.05, 0.1) is 0 Å². The molecule has 1 aromatic rings. The fraction of sp³-hybridized carbons (Fsp3) is 0.714. The molecule has 0 saturated carbocycles. The number of rotatable bonds is 6. The van der Waals surface area contributed by atoms with Crippen LogP contribution in [0.15, 0.2) is 18.5 Å². The highest BCUT2D eigenvalue weighted by molar-refractivity contribution is 8.00. The van der Waals surface area contributed by atoms with Crippen LogP contribution in [0, 0.1) is 5.92 Å². The zero-order valence-corrected chi connectivity index (χ0v) is 13.1. The summed E-state index contributed by atoms with van der Waals surface area (Å²) in [6.45, 7) is 6.56. The first-order valence-corrected chi connectivity index (χ1v) is 8.19. The maximum atomic E-state index is 11.8. The molecule has 5 nitrogen and oxygen atoms in total. The number of thioether (sulfide) groups is 1. The van der Waals surface area contributed by atoms with Crippen LogP contribution < -0.4 is 10.6 Å². The van der Waals surface area contributed by atoms with E-state index in [1.165, 1.54) is 18.6 Å². The molecule has 1 fully saturated rings. The number of nitrogens with zero attached hydrogens (tertiary/aromatic N) is 2. The zero-order chi connectivity index (χ0) is 14.4. The molecule has 0 radical (unpaired) electrons. The lowest BCUT2D eigenvalue weighted by Crippen LogP contribution is -2.43. The van der Waals surface area contributed by atoms with Crippen molar-refractivity contribution in [1.29, 1.82) is 0 Å². The van der Waals surface area contributed by atoms with Gasteiger partial charge in [-0.25, -0.2) is 4.79 Å². The van der Waals surface area contributed by atoms with Crippen molar-refractivity contribution in [3.63, 3.8) is 0 Å². The van der Waals surface area contributed by atoms with Crippen LogP contribution >= 0.6 is 11.8 Å². The van der Waals surface area contributed by atoms with Gasteiger partial charge in [0.1, 0.15) is 0 Å². The van der Waals surface area contributed by atoms with Crippen LogP contribution in [-0.2, 0) is 6.54 Å². The van der Waals surface area contributed by atoms with Crippen molar-refractivity contribution in [2.45, 2.75) is 38.0 Å². The molecule has 1 aliphatic rings. The monoisotopic (exact) mass is 296 g/mol. The second kappa shape index (κ2) is 7.02. The van der Waals surface area contributed by atoms with Gasteiger partial charge in [0.25, 0.3) is 0 Å². The summed E-state index contributed by atoms with van der Waals surface area (Å²) in [7, 11) is 0. The van der Waals surface area contributed by atoms with Crippen molar-refractivity contribution >= 4 is 17.8 Å². The molecule has 2 amide bonds. The Balaban J connectivity index is 1.62. The Morgan fingerprint density at radius 2 is 2.40 bits per heavy atom. The van der Waals surface area contributed by atoms with Crippen LogP contribution in [-0.4, -0.2) is 39.4 Å². The SMILES string of the molecule is C[C@@H](CNC(=O)NC[C@]1(C)CCCS1)Cn1cccn1. The number of carbonyl (C=O) groups is 1. The molecule has 2 rings (SSSR count). The summed E-state index contributed by atoms with van der Waals surface area (Å²) in [5.41, 5.74) is 0. The maximum Gasteiger partial charge on any atom is 0.314 e. The smallest absolute Gasteiger partial charge is 0.314 e. The molecule has 0 aromatic carbocycles. The lowest BCUT2D eigenvalue weighted by atomic mass is 10.1. The lowest BCUT2D eigenvalue weighted by Gasteiger charge is -2.23. The van der Waals surface area contributed by atoms with Gasteiger partial charge >= 0.3 is 6.03 Å². The van der Waals surface area contributed by atoms with Crippen molar-refractivity contribution in [2.75, 3.05) is 18.8 Å². The van der Waals surface area contributed by atoms with Gasteiger partial charge in [0.15, 0.2) is 0 Å². The van der Waals surface area contributed by atoms with Crippen LogP contribution in [0.1, 0.15) is 26.7 Å². The van der Waals surface area contributed by atoms with Crippen molar-refractivity contribution in [3.8, 4) is 0 Å². The van der Waals surface area contributed by atoms with E-state index in [1.54, 1.807) is 6.20 Å². The third-order valence-electron chi connectivity index (χ3n) is 3.59. The predicted molar refractivity (Wildman–Crippen MR) is 82.9 cm³/mol.